The zero-order valence-electron chi connectivity index (χ0n) is 10.0. The lowest BCUT2D eigenvalue weighted by atomic mass is 10.2. The van der Waals surface area contributed by atoms with Crippen LogP contribution in [-0.4, -0.2) is 14.5 Å². The van der Waals surface area contributed by atoms with Crippen molar-refractivity contribution in [3.63, 3.8) is 0 Å². The molecule has 0 unspecified atom stereocenters. The van der Waals surface area contributed by atoms with Gasteiger partial charge in [-0.3, -0.25) is 4.57 Å². The van der Waals surface area contributed by atoms with Gasteiger partial charge < -0.3 is 4.98 Å². The highest BCUT2D eigenvalue weighted by molar-refractivity contribution is 9.10. The summed E-state index contributed by atoms with van der Waals surface area (Å²) >= 11 is 14.5. The van der Waals surface area contributed by atoms with Gasteiger partial charge >= 0.3 is 0 Å². The van der Waals surface area contributed by atoms with Gasteiger partial charge in [-0.15, -0.1) is 0 Å². The summed E-state index contributed by atoms with van der Waals surface area (Å²) in [6.45, 7) is 0.480. The van der Waals surface area contributed by atoms with E-state index in [0.29, 0.717) is 11.3 Å². The van der Waals surface area contributed by atoms with Gasteiger partial charge in [0, 0.05) is 10.7 Å². The first-order chi connectivity index (χ1) is 9.54. The molecule has 2 aromatic heterocycles. The first-order valence-corrected chi connectivity index (χ1v) is 7.30. The van der Waals surface area contributed by atoms with Gasteiger partial charge in [0.15, 0.2) is 10.4 Å². The Bertz CT molecular complexity index is 858. The van der Waals surface area contributed by atoms with E-state index in [9.17, 15) is 4.39 Å². The predicted octanol–water partition coefficient (Wildman–Crippen LogP) is 4.70. The molecule has 1 N–H and O–H groups in total. The second-order valence-corrected chi connectivity index (χ2v) is 6.00. The highest BCUT2D eigenvalue weighted by atomic mass is 79.9. The summed E-state index contributed by atoms with van der Waals surface area (Å²) in [4.78, 5) is 7.44. The third-order valence-electron chi connectivity index (χ3n) is 2.90. The quantitative estimate of drug-likeness (QED) is 0.662. The predicted molar refractivity (Wildman–Crippen MR) is 83.1 cm³/mol. The van der Waals surface area contributed by atoms with E-state index in [1.165, 1.54) is 6.07 Å². The van der Waals surface area contributed by atoms with Crippen LogP contribution in [0.2, 0.25) is 5.02 Å². The van der Waals surface area contributed by atoms with Gasteiger partial charge in [0.2, 0.25) is 0 Å². The van der Waals surface area contributed by atoms with Gasteiger partial charge in [-0.05, 0) is 51.9 Å². The molecule has 3 nitrogen and oxygen atoms in total. The van der Waals surface area contributed by atoms with Crippen LogP contribution in [0, 0.1) is 10.6 Å². The minimum Gasteiger partial charge on any atom is -0.329 e. The number of hydrogen-bond acceptors (Lipinski definition) is 2. The highest BCUT2D eigenvalue weighted by Crippen LogP contribution is 2.20. The SMILES string of the molecule is Fc1ccc(Cn2c(=S)[nH]c3cc(Br)cnc32)cc1Cl. The smallest absolute Gasteiger partial charge is 0.179 e. The third-order valence-corrected chi connectivity index (χ3v) is 3.95. The molecule has 0 aliphatic rings. The Kier molecular flexibility index (Phi) is 3.62. The first-order valence-electron chi connectivity index (χ1n) is 5.72. The fraction of sp³-hybridized carbons (Fsp3) is 0.0769. The number of halogens is 3. The number of nitrogens with one attached hydrogen (secondary N) is 1. The van der Waals surface area contributed by atoms with Crippen molar-refractivity contribution >= 4 is 50.9 Å². The number of aromatic nitrogens is 3. The molecule has 0 amide bonds. The zero-order chi connectivity index (χ0) is 14.3. The number of rotatable bonds is 2. The van der Waals surface area contributed by atoms with Crippen molar-refractivity contribution < 1.29 is 4.39 Å². The molecule has 0 saturated carbocycles. The van der Waals surface area contributed by atoms with E-state index >= 15 is 0 Å². The first kappa shape index (κ1) is 13.7. The van der Waals surface area contributed by atoms with Crippen LogP contribution < -0.4 is 0 Å². The molecule has 20 heavy (non-hydrogen) atoms. The number of hydrogen-bond donors (Lipinski definition) is 1. The second kappa shape index (κ2) is 5.27. The zero-order valence-corrected chi connectivity index (χ0v) is 13.2. The Labute approximate surface area is 132 Å². The van der Waals surface area contributed by atoms with Crippen molar-refractivity contribution in [3.05, 3.63) is 56.1 Å². The van der Waals surface area contributed by atoms with Crippen LogP contribution in [-0.2, 0) is 6.54 Å². The van der Waals surface area contributed by atoms with Crippen molar-refractivity contribution in [1.82, 2.24) is 14.5 Å². The highest BCUT2D eigenvalue weighted by Gasteiger charge is 2.08. The molecule has 3 rings (SSSR count). The van der Waals surface area contributed by atoms with E-state index in [2.05, 4.69) is 25.9 Å². The van der Waals surface area contributed by atoms with E-state index in [1.807, 2.05) is 10.6 Å². The Morgan fingerprint density at radius 1 is 1.40 bits per heavy atom. The summed E-state index contributed by atoms with van der Waals surface area (Å²) in [5, 5.41) is 0.101. The van der Waals surface area contributed by atoms with E-state index in [4.69, 9.17) is 23.8 Å². The maximum absolute atomic E-state index is 13.2. The Morgan fingerprint density at radius 3 is 2.95 bits per heavy atom. The number of H-pyrrole nitrogens is 1. The summed E-state index contributed by atoms with van der Waals surface area (Å²) in [7, 11) is 0. The summed E-state index contributed by atoms with van der Waals surface area (Å²) in [5.41, 5.74) is 2.45. The number of fused-ring (bicyclic) bond motifs is 1. The molecule has 2 heterocycles. The minimum atomic E-state index is -0.431. The van der Waals surface area contributed by atoms with Gasteiger partial charge in [0.1, 0.15) is 5.82 Å². The largest absolute Gasteiger partial charge is 0.329 e. The molecule has 3 aromatic rings. The van der Waals surface area contributed by atoms with Crippen LogP contribution in [0.1, 0.15) is 5.56 Å². The number of imidazole rings is 1. The molecule has 0 aliphatic heterocycles. The van der Waals surface area contributed by atoms with Crippen molar-refractivity contribution in [3.8, 4) is 0 Å². The molecule has 7 heteroatoms. The standard InChI is InChI=1S/C13H8BrClFN3S/c14-8-4-11-12(17-5-8)19(13(20)18-11)6-7-1-2-10(16)9(15)3-7/h1-5H,6H2,(H,18,20). The normalized spacial score (nSPS) is 11.2. The lowest BCUT2D eigenvalue weighted by Gasteiger charge is -2.05. The Hall–Kier alpha value is -1.24. The Balaban J connectivity index is 2.08. The van der Waals surface area contributed by atoms with Crippen LogP contribution in [0.3, 0.4) is 0 Å². The monoisotopic (exact) mass is 371 g/mol. The molecule has 1 aromatic carbocycles. The molecule has 0 atom stereocenters. The molecule has 0 spiro atoms. The molecular weight excluding hydrogens is 365 g/mol. The molecule has 102 valence electrons. The van der Waals surface area contributed by atoms with Gasteiger partial charge in [-0.2, -0.15) is 0 Å². The van der Waals surface area contributed by atoms with E-state index < -0.39 is 5.82 Å². The van der Waals surface area contributed by atoms with Crippen LogP contribution in [0.4, 0.5) is 4.39 Å². The topological polar surface area (TPSA) is 33.6 Å². The van der Waals surface area contributed by atoms with Crippen molar-refractivity contribution in [1.29, 1.82) is 0 Å². The third kappa shape index (κ3) is 2.51. The molecule has 0 radical (unpaired) electrons. The summed E-state index contributed by atoms with van der Waals surface area (Å²) in [6.07, 6.45) is 1.71. The lowest BCUT2D eigenvalue weighted by Crippen LogP contribution is -2.01. The van der Waals surface area contributed by atoms with E-state index in [0.717, 1.165) is 21.2 Å². The van der Waals surface area contributed by atoms with Gasteiger partial charge in [-0.1, -0.05) is 17.7 Å². The fourth-order valence-electron chi connectivity index (χ4n) is 1.99. The van der Waals surface area contributed by atoms with Gasteiger partial charge in [0.05, 0.1) is 17.1 Å². The number of nitrogens with zero attached hydrogens (tertiary/aromatic N) is 2. The van der Waals surface area contributed by atoms with Crippen LogP contribution >= 0.6 is 39.7 Å². The van der Waals surface area contributed by atoms with Gasteiger partial charge in [0.25, 0.3) is 0 Å². The summed E-state index contributed by atoms with van der Waals surface area (Å²) < 4.78 is 16.5. The number of aromatic amines is 1. The van der Waals surface area contributed by atoms with Crippen molar-refractivity contribution in [2.24, 2.45) is 0 Å². The number of pyridine rings is 1. The summed E-state index contributed by atoms with van der Waals surface area (Å²) in [6, 6.07) is 6.53. The van der Waals surface area contributed by atoms with Crippen LogP contribution in [0.25, 0.3) is 11.2 Å². The molecule has 0 saturated heterocycles. The fourth-order valence-corrected chi connectivity index (χ4v) is 2.78. The van der Waals surface area contributed by atoms with E-state index in [1.54, 1.807) is 18.3 Å². The maximum Gasteiger partial charge on any atom is 0.179 e. The van der Waals surface area contributed by atoms with Crippen LogP contribution in [0.15, 0.2) is 34.9 Å². The molecule has 0 aliphatic carbocycles. The Morgan fingerprint density at radius 2 is 2.20 bits per heavy atom. The molecule has 0 bridgehead atoms. The maximum atomic E-state index is 13.2. The van der Waals surface area contributed by atoms with Crippen LogP contribution in [0.5, 0.6) is 0 Å². The van der Waals surface area contributed by atoms with Crippen molar-refractivity contribution in [2.45, 2.75) is 6.54 Å². The average Bonchev–Trinajstić information content (AvgIpc) is 2.69. The second-order valence-electron chi connectivity index (χ2n) is 4.29. The van der Waals surface area contributed by atoms with E-state index in [-0.39, 0.29) is 5.02 Å². The lowest BCUT2D eigenvalue weighted by molar-refractivity contribution is 0.627. The summed E-state index contributed by atoms with van der Waals surface area (Å²) in [5.74, 6) is -0.431. The average molecular weight is 373 g/mol. The molecule has 0 fully saturated rings. The number of benzene rings is 1. The molecular formula is C13H8BrClFN3S. The minimum absolute atomic E-state index is 0.101. The van der Waals surface area contributed by atoms with Gasteiger partial charge in [-0.25, -0.2) is 9.37 Å². The van der Waals surface area contributed by atoms with Crippen molar-refractivity contribution in [2.75, 3.05) is 0 Å².